The number of aromatic nitrogens is 2. The van der Waals surface area contributed by atoms with E-state index in [4.69, 9.17) is 0 Å². The summed E-state index contributed by atoms with van der Waals surface area (Å²) < 4.78 is 0. The Morgan fingerprint density at radius 1 is 1.21 bits per heavy atom. The summed E-state index contributed by atoms with van der Waals surface area (Å²) in [5.41, 5.74) is 3.00. The van der Waals surface area contributed by atoms with Crippen molar-refractivity contribution < 1.29 is 4.79 Å². The van der Waals surface area contributed by atoms with E-state index < -0.39 is 0 Å². The van der Waals surface area contributed by atoms with E-state index in [0.29, 0.717) is 11.0 Å². The summed E-state index contributed by atoms with van der Waals surface area (Å²) in [6.45, 7) is 8.28. The zero-order chi connectivity index (χ0) is 17.1. The standard InChI is InChI=1S/C17H23N5OS/c1-11-5-4-6-22(10-11)17-21-20-16(24-17)19-15(23)18-14-8-12(2)7-13(3)9-14/h7-9,11H,4-6,10H2,1-3H3,(H2,18,19,20,23). The van der Waals surface area contributed by atoms with Crippen molar-refractivity contribution in [2.75, 3.05) is 28.6 Å². The summed E-state index contributed by atoms with van der Waals surface area (Å²) in [6, 6.07) is 5.65. The molecule has 0 saturated carbocycles. The van der Waals surface area contributed by atoms with E-state index in [2.05, 4.69) is 38.7 Å². The molecule has 1 unspecified atom stereocenters. The molecule has 2 amide bonds. The van der Waals surface area contributed by atoms with Gasteiger partial charge in [0.25, 0.3) is 0 Å². The number of amides is 2. The number of anilines is 3. The Bertz CT molecular complexity index is 709. The lowest BCUT2D eigenvalue weighted by molar-refractivity contribution is 0.262. The van der Waals surface area contributed by atoms with Crippen molar-refractivity contribution in [1.29, 1.82) is 0 Å². The molecule has 1 aliphatic rings. The largest absolute Gasteiger partial charge is 0.346 e. The molecule has 0 radical (unpaired) electrons. The molecule has 6 nitrogen and oxygen atoms in total. The van der Waals surface area contributed by atoms with E-state index in [0.717, 1.165) is 35.0 Å². The van der Waals surface area contributed by atoms with Gasteiger partial charge in [0.2, 0.25) is 10.3 Å². The molecular formula is C17H23N5OS. The van der Waals surface area contributed by atoms with Crippen LogP contribution in [0.4, 0.5) is 20.7 Å². The molecule has 2 heterocycles. The van der Waals surface area contributed by atoms with Gasteiger partial charge < -0.3 is 10.2 Å². The van der Waals surface area contributed by atoms with Gasteiger partial charge in [-0.05, 0) is 55.9 Å². The maximum atomic E-state index is 12.1. The van der Waals surface area contributed by atoms with Gasteiger partial charge in [-0.25, -0.2) is 4.79 Å². The molecule has 3 rings (SSSR count). The summed E-state index contributed by atoms with van der Waals surface area (Å²) in [5.74, 6) is 0.673. The zero-order valence-electron chi connectivity index (χ0n) is 14.3. The monoisotopic (exact) mass is 345 g/mol. The van der Waals surface area contributed by atoms with Gasteiger partial charge in [0.15, 0.2) is 0 Å². The first kappa shape index (κ1) is 16.7. The summed E-state index contributed by atoms with van der Waals surface area (Å²) in [4.78, 5) is 14.4. The topological polar surface area (TPSA) is 70.1 Å². The Morgan fingerprint density at radius 3 is 2.67 bits per heavy atom. The van der Waals surface area contributed by atoms with Gasteiger partial charge in [0.1, 0.15) is 0 Å². The van der Waals surface area contributed by atoms with Crippen LogP contribution in [-0.4, -0.2) is 29.3 Å². The van der Waals surface area contributed by atoms with Crippen LogP contribution < -0.4 is 15.5 Å². The highest BCUT2D eigenvalue weighted by Crippen LogP contribution is 2.28. The maximum Gasteiger partial charge on any atom is 0.325 e. The van der Waals surface area contributed by atoms with Crippen LogP contribution in [0, 0.1) is 19.8 Å². The van der Waals surface area contributed by atoms with E-state index in [9.17, 15) is 4.79 Å². The number of piperidine rings is 1. The molecule has 1 aromatic heterocycles. The second kappa shape index (κ2) is 7.17. The molecule has 0 aliphatic carbocycles. The summed E-state index contributed by atoms with van der Waals surface area (Å²) in [7, 11) is 0. The van der Waals surface area contributed by atoms with Crippen molar-refractivity contribution in [2.24, 2.45) is 5.92 Å². The molecule has 128 valence electrons. The fourth-order valence-corrected chi connectivity index (χ4v) is 3.84. The van der Waals surface area contributed by atoms with Gasteiger partial charge in [0, 0.05) is 18.8 Å². The predicted molar refractivity (Wildman–Crippen MR) is 99.1 cm³/mol. The SMILES string of the molecule is Cc1cc(C)cc(NC(=O)Nc2nnc(N3CCCC(C)C3)s2)c1. The lowest BCUT2D eigenvalue weighted by Gasteiger charge is -2.29. The van der Waals surface area contributed by atoms with E-state index in [1.54, 1.807) is 0 Å². The zero-order valence-corrected chi connectivity index (χ0v) is 15.1. The molecule has 0 bridgehead atoms. The van der Waals surface area contributed by atoms with Crippen LogP contribution >= 0.6 is 11.3 Å². The maximum absolute atomic E-state index is 12.1. The average molecular weight is 345 g/mol. The Kier molecular flexibility index (Phi) is 4.99. The Morgan fingerprint density at radius 2 is 1.96 bits per heavy atom. The van der Waals surface area contributed by atoms with Crippen molar-refractivity contribution in [3.63, 3.8) is 0 Å². The quantitative estimate of drug-likeness (QED) is 0.881. The van der Waals surface area contributed by atoms with Gasteiger partial charge in [-0.1, -0.05) is 24.3 Å². The van der Waals surface area contributed by atoms with Crippen molar-refractivity contribution in [1.82, 2.24) is 10.2 Å². The molecule has 1 saturated heterocycles. The van der Waals surface area contributed by atoms with E-state index in [1.807, 2.05) is 26.0 Å². The number of hydrogen-bond acceptors (Lipinski definition) is 5. The third-order valence-electron chi connectivity index (χ3n) is 4.04. The fourth-order valence-electron chi connectivity index (χ4n) is 3.06. The van der Waals surface area contributed by atoms with Crippen molar-refractivity contribution >= 4 is 33.3 Å². The van der Waals surface area contributed by atoms with Crippen LogP contribution in [0.3, 0.4) is 0 Å². The lowest BCUT2D eigenvalue weighted by atomic mass is 10.0. The molecule has 1 aromatic carbocycles. The second-order valence-corrected chi connectivity index (χ2v) is 7.49. The molecule has 1 aliphatic heterocycles. The minimum absolute atomic E-state index is 0.297. The molecule has 24 heavy (non-hydrogen) atoms. The summed E-state index contributed by atoms with van der Waals surface area (Å²) in [6.07, 6.45) is 2.44. The number of rotatable bonds is 3. The highest BCUT2D eigenvalue weighted by molar-refractivity contribution is 7.19. The van der Waals surface area contributed by atoms with Crippen LogP contribution in [0.2, 0.25) is 0 Å². The molecule has 1 atom stereocenters. The van der Waals surface area contributed by atoms with Crippen LogP contribution in [0.25, 0.3) is 0 Å². The number of nitrogens with zero attached hydrogens (tertiary/aromatic N) is 3. The number of nitrogens with one attached hydrogen (secondary N) is 2. The van der Waals surface area contributed by atoms with Crippen molar-refractivity contribution in [2.45, 2.75) is 33.6 Å². The number of carbonyl (C=O) groups is 1. The third kappa shape index (κ3) is 4.23. The molecule has 0 spiro atoms. The number of aryl methyl sites for hydroxylation is 2. The van der Waals surface area contributed by atoms with Crippen LogP contribution in [0.5, 0.6) is 0 Å². The first-order valence-electron chi connectivity index (χ1n) is 8.24. The van der Waals surface area contributed by atoms with Gasteiger partial charge >= 0.3 is 6.03 Å². The molecular weight excluding hydrogens is 322 g/mol. The minimum atomic E-state index is -0.297. The molecule has 7 heteroatoms. The van der Waals surface area contributed by atoms with Gasteiger partial charge in [-0.2, -0.15) is 0 Å². The average Bonchev–Trinajstić information content (AvgIpc) is 2.94. The van der Waals surface area contributed by atoms with E-state index in [1.165, 1.54) is 24.2 Å². The molecule has 1 fully saturated rings. The first-order chi connectivity index (χ1) is 11.5. The van der Waals surface area contributed by atoms with Crippen LogP contribution in [-0.2, 0) is 0 Å². The smallest absolute Gasteiger partial charge is 0.325 e. The highest BCUT2D eigenvalue weighted by Gasteiger charge is 2.20. The number of carbonyl (C=O) groups excluding carboxylic acids is 1. The van der Waals surface area contributed by atoms with E-state index in [-0.39, 0.29) is 6.03 Å². The summed E-state index contributed by atoms with van der Waals surface area (Å²) >= 11 is 1.42. The number of hydrogen-bond donors (Lipinski definition) is 2. The Hall–Kier alpha value is -2.15. The van der Waals surface area contributed by atoms with Crippen molar-refractivity contribution in [3.05, 3.63) is 29.3 Å². The first-order valence-corrected chi connectivity index (χ1v) is 9.06. The fraction of sp³-hybridized carbons (Fsp3) is 0.471. The van der Waals surface area contributed by atoms with Gasteiger partial charge in [0.05, 0.1) is 0 Å². The Labute approximate surface area is 146 Å². The number of urea groups is 1. The van der Waals surface area contributed by atoms with Crippen LogP contribution in [0.15, 0.2) is 18.2 Å². The number of benzene rings is 1. The van der Waals surface area contributed by atoms with Crippen molar-refractivity contribution in [3.8, 4) is 0 Å². The lowest BCUT2D eigenvalue weighted by Crippen LogP contribution is -2.34. The second-order valence-electron chi connectivity index (χ2n) is 6.54. The van der Waals surface area contributed by atoms with Gasteiger partial charge in [-0.3, -0.25) is 5.32 Å². The highest BCUT2D eigenvalue weighted by atomic mass is 32.1. The summed E-state index contributed by atoms with van der Waals surface area (Å²) in [5, 5.41) is 15.3. The van der Waals surface area contributed by atoms with Crippen LogP contribution in [0.1, 0.15) is 30.9 Å². The Balaban J connectivity index is 1.60. The third-order valence-corrected chi connectivity index (χ3v) is 4.94. The van der Waals surface area contributed by atoms with E-state index >= 15 is 0 Å². The molecule has 2 aromatic rings. The normalized spacial score (nSPS) is 17.6. The minimum Gasteiger partial charge on any atom is -0.346 e. The molecule has 2 N–H and O–H groups in total. The van der Waals surface area contributed by atoms with Gasteiger partial charge in [-0.15, -0.1) is 10.2 Å². The predicted octanol–water partition coefficient (Wildman–Crippen LogP) is 4.04.